The summed E-state index contributed by atoms with van der Waals surface area (Å²) in [5.41, 5.74) is 0.825. The first-order valence-corrected chi connectivity index (χ1v) is 6.79. The smallest absolute Gasteiger partial charge is 0.328 e. The van der Waals surface area contributed by atoms with Gasteiger partial charge in [-0.2, -0.15) is 0 Å². The number of benzene rings is 1. The molecule has 0 saturated heterocycles. The third-order valence-corrected chi connectivity index (χ3v) is 3.81. The van der Waals surface area contributed by atoms with E-state index < -0.39 is 6.04 Å². The molecule has 0 bridgehead atoms. The largest absolute Gasteiger partial charge is 0.464 e. The number of carbonyl (C=O) groups is 1. The van der Waals surface area contributed by atoms with Crippen LogP contribution in [0.4, 0.5) is 5.13 Å². The van der Waals surface area contributed by atoms with Gasteiger partial charge in [-0.25, -0.2) is 9.78 Å². The zero-order valence-electron chi connectivity index (χ0n) is 10.1. The fourth-order valence-electron chi connectivity index (χ4n) is 1.49. The van der Waals surface area contributed by atoms with Gasteiger partial charge in [0.25, 0.3) is 0 Å². The number of nitrogens with zero attached hydrogens (tertiary/aromatic N) is 1. The fraction of sp³-hybridized carbons (Fsp3) is 0.333. The summed E-state index contributed by atoms with van der Waals surface area (Å²) in [4.78, 5) is 15.9. The summed E-state index contributed by atoms with van der Waals surface area (Å²) in [7, 11) is 0. The van der Waals surface area contributed by atoms with Crippen molar-refractivity contribution in [3.63, 3.8) is 0 Å². The monoisotopic (exact) mass is 284 g/mol. The number of hydrogen-bond acceptors (Lipinski definition) is 5. The van der Waals surface area contributed by atoms with Gasteiger partial charge < -0.3 is 10.1 Å². The molecule has 0 aliphatic heterocycles. The van der Waals surface area contributed by atoms with Gasteiger partial charge in [0, 0.05) is 0 Å². The Balaban J connectivity index is 2.17. The summed E-state index contributed by atoms with van der Waals surface area (Å²) in [5.74, 6) is -0.289. The van der Waals surface area contributed by atoms with Gasteiger partial charge in [-0.05, 0) is 26.0 Å². The van der Waals surface area contributed by atoms with Crippen molar-refractivity contribution < 1.29 is 9.53 Å². The standard InChI is InChI=1S/C12H13ClN2O2S/c1-3-17-11(16)7(2)14-12-15-9-6-4-5-8(13)10(9)18-12/h4-7H,3H2,1-2H3,(H,14,15). The van der Waals surface area contributed by atoms with Gasteiger partial charge in [-0.3, -0.25) is 0 Å². The summed E-state index contributed by atoms with van der Waals surface area (Å²) in [5, 5.41) is 4.35. The molecule has 96 valence electrons. The van der Waals surface area contributed by atoms with E-state index in [9.17, 15) is 4.79 Å². The predicted molar refractivity (Wildman–Crippen MR) is 74.3 cm³/mol. The van der Waals surface area contributed by atoms with E-state index in [1.54, 1.807) is 13.8 Å². The average molecular weight is 285 g/mol. The molecule has 1 aromatic heterocycles. The van der Waals surface area contributed by atoms with Crippen LogP contribution in [0.1, 0.15) is 13.8 Å². The quantitative estimate of drug-likeness (QED) is 0.875. The first-order chi connectivity index (χ1) is 8.61. The van der Waals surface area contributed by atoms with Gasteiger partial charge in [-0.1, -0.05) is 29.0 Å². The van der Waals surface area contributed by atoms with Crippen molar-refractivity contribution in [2.24, 2.45) is 0 Å². The summed E-state index contributed by atoms with van der Waals surface area (Å²) < 4.78 is 5.84. The van der Waals surface area contributed by atoms with Gasteiger partial charge in [0.1, 0.15) is 6.04 Å². The number of anilines is 1. The molecule has 0 amide bonds. The van der Waals surface area contributed by atoms with E-state index in [4.69, 9.17) is 16.3 Å². The van der Waals surface area contributed by atoms with Crippen LogP contribution >= 0.6 is 22.9 Å². The van der Waals surface area contributed by atoms with Crippen molar-refractivity contribution in [2.45, 2.75) is 19.9 Å². The maximum atomic E-state index is 11.5. The Morgan fingerprint density at radius 2 is 2.39 bits per heavy atom. The van der Waals surface area contributed by atoms with Crippen molar-refractivity contribution >= 4 is 44.3 Å². The molecule has 0 radical (unpaired) electrons. The Morgan fingerprint density at radius 3 is 3.06 bits per heavy atom. The molecule has 1 atom stereocenters. The number of hydrogen-bond donors (Lipinski definition) is 1. The highest BCUT2D eigenvalue weighted by Crippen LogP contribution is 2.31. The Kier molecular flexibility index (Phi) is 4.04. The van der Waals surface area contributed by atoms with Crippen LogP contribution < -0.4 is 5.32 Å². The summed E-state index contributed by atoms with van der Waals surface area (Å²) in [6.07, 6.45) is 0. The number of thiazole rings is 1. The van der Waals surface area contributed by atoms with Crippen molar-refractivity contribution in [3.05, 3.63) is 23.2 Å². The number of carbonyl (C=O) groups excluding carboxylic acids is 1. The topological polar surface area (TPSA) is 51.2 Å². The number of nitrogens with one attached hydrogen (secondary N) is 1. The van der Waals surface area contributed by atoms with E-state index in [-0.39, 0.29) is 5.97 Å². The average Bonchev–Trinajstić information content (AvgIpc) is 2.73. The van der Waals surface area contributed by atoms with E-state index >= 15 is 0 Å². The summed E-state index contributed by atoms with van der Waals surface area (Å²) in [6.45, 7) is 3.89. The molecule has 0 aliphatic rings. The fourth-order valence-corrected chi connectivity index (χ4v) is 2.73. The summed E-state index contributed by atoms with van der Waals surface area (Å²) in [6, 6.07) is 5.13. The van der Waals surface area contributed by atoms with Crippen LogP contribution in [0, 0.1) is 0 Å². The van der Waals surface area contributed by atoms with Gasteiger partial charge in [0.05, 0.1) is 21.8 Å². The highest BCUT2D eigenvalue weighted by atomic mass is 35.5. The van der Waals surface area contributed by atoms with Crippen molar-refractivity contribution in [2.75, 3.05) is 11.9 Å². The summed E-state index contributed by atoms with van der Waals surface area (Å²) >= 11 is 7.50. The highest BCUT2D eigenvalue weighted by molar-refractivity contribution is 7.22. The molecule has 0 saturated carbocycles. The molecule has 1 heterocycles. The van der Waals surface area contributed by atoms with E-state index in [1.165, 1.54) is 11.3 Å². The van der Waals surface area contributed by atoms with Crippen molar-refractivity contribution in [1.29, 1.82) is 0 Å². The Morgan fingerprint density at radius 1 is 1.61 bits per heavy atom. The first-order valence-electron chi connectivity index (χ1n) is 5.60. The maximum absolute atomic E-state index is 11.5. The number of aromatic nitrogens is 1. The number of ether oxygens (including phenoxy) is 1. The molecule has 0 spiro atoms. The van der Waals surface area contributed by atoms with Crippen LogP contribution in [0.5, 0.6) is 0 Å². The number of halogens is 1. The second-order valence-corrected chi connectivity index (χ2v) is 5.13. The predicted octanol–water partition coefficient (Wildman–Crippen LogP) is 3.31. The molecule has 4 nitrogen and oxygen atoms in total. The highest BCUT2D eigenvalue weighted by Gasteiger charge is 2.16. The Bertz CT molecular complexity index is 570. The maximum Gasteiger partial charge on any atom is 0.328 e. The molecular weight excluding hydrogens is 272 g/mol. The van der Waals surface area contributed by atoms with E-state index in [1.807, 2.05) is 18.2 Å². The third-order valence-electron chi connectivity index (χ3n) is 2.35. The zero-order chi connectivity index (χ0) is 13.1. The van der Waals surface area contributed by atoms with Crippen molar-refractivity contribution in [1.82, 2.24) is 4.98 Å². The minimum Gasteiger partial charge on any atom is -0.464 e. The number of fused-ring (bicyclic) bond motifs is 1. The molecule has 1 N–H and O–H groups in total. The molecule has 1 unspecified atom stereocenters. The molecule has 0 fully saturated rings. The van der Waals surface area contributed by atoms with E-state index in [2.05, 4.69) is 10.3 Å². The number of esters is 1. The molecule has 18 heavy (non-hydrogen) atoms. The van der Waals surface area contributed by atoms with Gasteiger partial charge in [0.2, 0.25) is 0 Å². The van der Waals surface area contributed by atoms with Crippen LogP contribution in [0.25, 0.3) is 10.2 Å². The second-order valence-electron chi connectivity index (χ2n) is 3.73. The van der Waals surface area contributed by atoms with Crippen molar-refractivity contribution in [3.8, 4) is 0 Å². The molecule has 6 heteroatoms. The lowest BCUT2D eigenvalue weighted by Crippen LogP contribution is -2.28. The molecule has 2 rings (SSSR count). The minimum absolute atomic E-state index is 0.289. The molecular formula is C12H13ClN2O2S. The normalized spacial score (nSPS) is 12.4. The van der Waals surface area contributed by atoms with Gasteiger partial charge >= 0.3 is 5.97 Å². The van der Waals surface area contributed by atoms with Crippen LogP contribution in [0.2, 0.25) is 5.02 Å². The molecule has 0 aliphatic carbocycles. The first kappa shape index (κ1) is 13.1. The van der Waals surface area contributed by atoms with Crippen LogP contribution in [0.15, 0.2) is 18.2 Å². The Hall–Kier alpha value is -1.33. The minimum atomic E-state index is -0.427. The van der Waals surface area contributed by atoms with Crippen LogP contribution in [0.3, 0.4) is 0 Å². The lowest BCUT2D eigenvalue weighted by molar-refractivity contribution is -0.143. The lowest BCUT2D eigenvalue weighted by atomic mass is 10.3. The van der Waals surface area contributed by atoms with Gasteiger partial charge in [0.15, 0.2) is 5.13 Å². The van der Waals surface area contributed by atoms with E-state index in [0.717, 1.165) is 10.2 Å². The third kappa shape index (κ3) is 2.73. The van der Waals surface area contributed by atoms with Gasteiger partial charge in [-0.15, -0.1) is 0 Å². The number of rotatable bonds is 4. The lowest BCUT2D eigenvalue weighted by Gasteiger charge is -2.10. The molecule has 1 aromatic carbocycles. The SMILES string of the molecule is CCOC(=O)C(C)Nc1nc2cccc(Cl)c2s1. The van der Waals surface area contributed by atoms with Crippen LogP contribution in [-0.2, 0) is 9.53 Å². The van der Waals surface area contributed by atoms with Crippen LogP contribution in [-0.4, -0.2) is 23.6 Å². The van der Waals surface area contributed by atoms with E-state index in [0.29, 0.717) is 16.8 Å². The molecule has 2 aromatic rings. The second kappa shape index (κ2) is 5.54. The Labute approximate surface area is 114 Å². The zero-order valence-corrected chi connectivity index (χ0v) is 11.6.